The highest BCUT2D eigenvalue weighted by Crippen LogP contribution is 2.14. The first kappa shape index (κ1) is 10.8. The van der Waals surface area contributed by atoms with Crippen LogP contribution in [0.3, 0.4) is 0 Å². The average molecular weight is 220 g/mol. The van der Waals surface area contributed by atoms with E-state index in [9.17, 15) is 4.39 Å². The molecule has 0 spiro atoms. The Morgan fingerprint density at radius 1 is 1.38 bits per heavy atom. The molecule has 4 N–H and O–H groups in total. The van der Waals surface area contributed by atoms with Crippen molar-refractivity contribution in [3.63, 3.8) is 0 Å². The van der Waals surface area contributed by atoms with Gasteiger partial charge in [0, 0.05) is 12.4 Å². The highest BCUT2D eigenvalue weighted by molar-refractivity contribution is 5.18. The Balaban J connectivity index is 2.10. The van der Waals surface area contributed by atoms with Crippen molar-refractivity contribution in [2.45, 2.75) is 12.5 Å². The number of nitrogens with two attached hydrogens (primary N) is 1. The molecule has 0 radical (unpaired) electrons. The largest absolute Gasteiger partial charge is 0.347 e. The van der Waals surface area contributed by atoms with E-state index in [2.05, 4.69) is 15.4 Å². The Hall–Kier alpha value is -1.72. The number of aromatic amines is 1. The maximum atomic E-state index is 12.7. The molecular formula is C11H13FN4. The molecule has 0 aliphatic carbocycles. The Bertz CT molecular complexity index is 424. The average Bonchev–Trinajstić information content (AvgIpc) is 2.82. The van der Waals surface area contributed by atoms with Gasteiger partial charge in [-0.15, -0.1) is 0 Å². The van der Waals surface area contributed by atoms with E-state index in [1.54, 1.807) is 24.5 Å². The van der Waals surface area contributed by atoms with E-state index in [1.165, 1.54) is 12.1 Å². The van der Waals surface area contributed by atoms with Gasteiger partial charge in [-0.2, -0.15) is 0 Å². The van der Waals surface area contributed by atoms with E-state index in [0.717, 1.165) is 11.4 Å². The molecule has 0 aliphatic heterocycles. The monoisotopic (exact) mass is 220 g/mol. The summed E-state index contributed by atoms with van der Waals surface area (Å²) in [6, 6.07) is 6.25. The first-order valence-electron chi connectivity index (χ1n) is 4.99. The zero-order chi connectivity index (χ0) is 11.4. The van der Waals surface area contributed by atoms with Crippen molar-refractivity contribution in [2.75, 3.05) is 0 Å². The normalized spacial score (nSPS) is 12.6. The van der Waals surface area contributed by atoms with Crippen molar-refractivity contribution < 1.29 is 4.39 Å². The van der Waals surface area contributed by atoms with Gasteiger partial charge in [0.05, 0.1) is 6.04 Å². The van der Waals surface area contributed by atoms with Gasteiger partial charge in [-0.25, -0.2) is 14.8 Å². The second-order valence-corrected chi connectivity index (χ2v) is 3.52. The second-order valence-electron chi connectivity index (χ2n) is 3.52. The topological polar surface area (TPSA) is 66.7 Å². The van der Waals surface area contributed by atoms with Gasteiger partial charge in [0.2, 0.25) is 0 Å². The fourth-order valence-electron chi connectivity index (χ4n) is 1.56. The number of hydrogen-bond donors (Lipinski definition) is 3. The van der Waals surface area contributed by atoms with Crippen LogP contribution in [0.15, 0.2) is 36.7 Å². The summed E-state index contributed by atoms with van der Waals surface area (Å²) in [5, 5.41) is 0. The molecule has 0 aliphatic rings. The van der Waals surface area contributed by atoms with Crippen molar-refractivity contribution in [1.29, 1.82) is 0 Å². The molecule has 1 aromatic carbocycles. The lowest BCUT2D eigenvalue weighted by atomic mass is 10.1. The quantitative estimate of drug-likeness (QED) is 0.537. The Labute approximate surface area is 92.7 Å². The van der Waals surface area contributed by atoms with Crippen LogP contribution >= 0.6 is 0 Å². The Morgan fingerprint density at radius 2 is 2.12 bits per heavy atom. The van der Waals surface area contributed by atoms with Crippen molar-refractivity contribution in [2.24, 2.45) is 5.84 Å². The number of benzene rings is 1. The fourth-order valence-corrected chi connectivity index (χ4v) is 1.56. The molecule has 1 unspecified atom stereocenters. The molecule has 1 heterocycles. The summed E-state index contributed by atoms with van der Waals surface area (Å²) in [6.07, 6.45) is 4.07. The highest BCUT2D eigenvalue weighted by atomic mass is 19.1. The predicted octanol–water partition coefficient (Wildman–Crippen LogP) is 1.30. The van der Waals surface area contributed by atoms with Crippen LogP contribution in [0.2, 0.25) is 0 Å². The molecular weight excluding hydrogens is 207 g/mol. The van der Waals surface area contributed by atoms with Crippen LogP contribution in [0.4, 0.5) is 4.39 Å². The van der Waals surface area contributed by atoms with E-state index in [4.69, 9.17) is 5.84 Å². The number of halogens is 1. The molecule has 0 saturated carbocycles. The SMILES string of the molecule is NNC(Cc1ccc(F)cc1)c1ncc[nH]1. The minimum Gasteiger partial charge on any atom is -0.347 e. The summed E-state index contributed by atoms with van der Waals surface area (Å²) >= 11 is 0. The number of nitrogens with one attached hydrogen (secondary N) is 2. The summed E-state index contributed by atoms with van der Waals surface area (Å²) in [5.41, 5.74) is 3.68. The molecule has 0 amide bonds. The minimum absolute atomic E-state index is 0.0968. The van der Waals surface area contributed by atoms with Crippen LogP contribution in [0.1, 0.15) is 17.4 Å². The summed E-state index contributed by atoms with van der Waals surface area (Å²) in [6.45, 7) is 0. The van der Waals surface area contributed by atoms with E-state index >= 15 is 0 Å². The molecule has 0 saturated heterocycles. The fraction of sp³-hybridized carbons (Fsp3) is 0.182. The smallest absolute Gasteiger partial charge is 0.124 e. The lowest BCUT2D eigenvalue weighted by molar-refractivity contribution is 0.526. The molecule has 0 fully saturated rings. The Kier molecular flexibility index (Phi) is 3.28. The van der Waals surface area contributed by atoms with Crippen LogP contribution in [-0.4, -0.2) is 9.97 Å². The van der Waals surface area contributed by atoms with Gasteiger partial charge in [0.15, 0.2) is 0 Å². The van der Waals surface area contributed by atoms with Crippen LogP contribution < -0.4 is 11.3 Å². The van der Waals surface area contributed by atoms with Crippen LogP contribution in [0.25, 0.3) is 0 Å². The lowest BCUT2D eigenvalue weighted by Gasteiger charge is -2.13. The third kappa shape index (κ3) is 2.44. The number of hydrogen-bond acceptors (Lipinski definition) is 3. The van der Waals surface area contributed by atoms with E-state index in [-0.39, 0.29) is 11.9 Å². The van der Waals surface area contributed by atoms with Gasteiger partial charge < -0.3 is 4.98 Å². The van der Waals surface area contributed by atoms with Gasteiger partial charge >= 0.3 is 0 Å². The summed E-state index contributed by atoms with van der Waals surface area (Å²) in [4.78, 5) is 7.12. The standard InChI is InChI=1S/C11H13FN4/c12-9-3-1-8(2-4-9)7-10(16-13)11-14-5-6-15-11/h1-6,10,16H,7,13H2,(H,14,15). The first-order valence-corrected chi connectivity index (χ1v) is 4.99. The highest BCUT2D eigenvalue weighted by Gasteiger charge is 2.12. The predicted molar refractivity (Wildman–Crippen MR) is 58.8 cm³/mol. The molecule has 84 valence electrons. The maximum absolute atomic E-state index is 12.7. The van der Waals surface area contributed by atoms with Crippen molar-refractivity contribution in [3.8, 4) is 0 Å². The lowest BCUT2D eigenvalue weighted by Crippen LogP contribution is -2.30. The van der Waals surface area contributed by atoms with Gasteiger partial charge in [-0.3, -0.25) is 5.84 Å². The van der Waals surface area contributed by atoms with Gasteiger partial charge in [-0.1, -0.05) is 12.1 Å². The molecule has 1 aromatic heterocycles. The third-order valence-electron chi connectivity index (χ3n) is 2.40. The van der Waals surface area contributed by atoms with Crippen LogP contribution in [-0.2, 0) is 6.42 Å². The summed E-state index contributed by atoms with van der Waals surface area (Å²) < 4.78 is 12.7. The van der Waals surface area contributed by atoms with Crippen molar-refractivity contribution >= 4 is 0 Å². The van der Waals surface area contributed by atoms with E-state index in [0.29, 0.717) is 6.42 Å². The summed E-state index contributed by atoms with van der Waals surface area (Å²) in [5.74, 6) is 5.99. The second kappa shape index (κ2) is 4.87. The molecule has 0 bridgehead atoms. The first-order chi connectivity index (χ1) is 7.79. The molecule has 2 rings (SSSR count). The maximum Gasteiger partial charge on any atom is 0.124 e. The minimum atomic E-state index is -0.237. The van der Waals surface area contributed by atoms with Gasteiger partial charge in [0.25, 0.3) is 0 Å². The van der Waals surface area contributed by atoms with E-state index in [1.807, 2.05) is 0 Å². The molecule has 4 nitrogen and oxygen atoms in total. The zero-order valence-corrected chi connectivity index (χ0v) is 8.65. The molecule has 16 heavy (non-hydrogen) atoms. The summed E-state index contributed by atoms with van der Waals surface area (Å²) in [7, 11) is 0. The number of nitrogens with zero attached hydrogens (tertiary/aromatic N) is 1. The number of rotatable bonds is 4. The molecule has 1 atom stereocenters. The Morgan fingerprint density at radius 3 is 2.69 bits per heavy atom. The van der Waals surface area contributed by atoms with Gasteiger partial charge in [-0.05, 0) is 24.1 Å². The number of H-pyrrole nitrogens is 1. The third-order valence-corrected chi connectivity index (χ3v) is 2.40. The van der Waals surface area contributed by atoms with Crippen molar-refractivity contribution in [1.82, 2.24) is 15.4 Å². The van der Waals surface area contributed by atoms with E-state index < -0.39 is 0 Å². The zero-order valence-electron chi connectivity index (χ0n) is 8.65. The number of aromatic nitrogens is 2. The number of imidazole rings is 1. The molecule has 2 aromatic rings. The van der Waals surface area contributed by atoms with Crippen LogP contribution in [0.5, 0.6) is 0 Å². The van der Waals surface area contributed by atoms with Crippen LogP contribution in [0, 0.1) is 5.82 Å². The van der Waals surface area contributed by atoms with Gasteiger partial charge in [0.1, 0.15) is 11.6 Å². The molecule has 5 heteroatoms. The van der Waals surface area contributed by atoms with Crippen molar-refractivity contribution in [3.05, 3.63) is 53.9 Å². The number of hydrazine groups is 1.